The third kappa shape index (κ3) is 5.68. The number of carbonyl (C=O) groups is 1. The zero-order chi connectivity index (χ0) is 20.1. The Kier molecular flexibility index (Phi) is 7.72. The fraction of sp³-hybridized carbons (Fsp3) is 0.682. The summed E-state index contributed by atoms with van der Waals surface area (Å²) in [6.07, 6.45) is 10.4. The number of rotatable bonds is 6. The monoisotopic (exact) mass is 414 g/mol. The molecule has 2 fully saturated rings. The highest BCUT2D eigenvalue weighted by Crippen LogP contribution is 2.42. The number of esters is 1. The van der Waals surface area contributed by atoms with Crippen molar-refractivity contribution in [2.45, 2.75) is 75.4 Å². The van der Waals surface area contributed by atoms with Crippen molar-refractivity contribution < 1.29 is 22.7 Å². The minimum absolute atomic E-state index is 0.0844. The van der Waals surface area contributed by atoms with Gasteiger partial charge in [-0.25, -0.2) is 4.39 Å². The van der Waals surface area contributed by atoms with Crippen LogP contribution in [0.2, 0.25) is 0 Å². The lowest BCUT2D eigenvalue weighted by atomic mass is 9.69. The van der Waals surface area contributed by atoms with Gasteiger partial charge in [0.1, 0.15) is 11.6 Å². The zero-order valence-electron chi connectivity index (χ0n) is 16.3. The summed E-state index contributed by atoms with van der Waals surface area (Å²) >= 11 is 0.147. The lowest BCUT2D eigenvalue weighted by molar-refractivity contribution is -0.140. The molecule has 2 saturated carbocycles. The van der Waals surface area contributed by atoms with Crippen LogP contribution in [0.4, 0.5) is 13.2 Å². The molecule has 2 nitrogen and oxygen atoms in total. The summed E-state index contributed by atoms with van der Waals surface area (Å²) in [7, 11) is 0. The predicted octanol–water partition coefficient (Wildman–Crippen LogP) is 7.07. The minimum atomic E-state index is -2.69. The molecule has 1 aromatic rings. The van der Waals surface area contributed by atoms with Crippen molar-refractivity contribution in [2.75, 3.05) is 0 Å². The Morgan fingerprint density at radius 3 is 2.21 bits per heavy atom. The van der Waals surface area contributed by atoms with Crippen molar-refractivity contribution in [3.05, 3.63) is 24.0 Å². The van der Waals surface area contributed by atoms with Crippen LogP contribution >= 0.6 is 11.8 Å². The molecule has 3 rings (SSSR count). The fourth-order valence-corrected chi connectivity index (χ4v) is 5.34. The highest BCUT2D eigenvalue weighted by molar-refractivity contribution is 7.99. The molecule has 0 bridgehead atoms. The average molecular weight is 415 g/mol. The Labute approximate surface area is 169 Å². The molecular formula is C22H29F3O2S. The maximum atomic E-state index is 13.9. The molecule has 0 radical (unpaired) electrons. The molecule has 0 saturated heterocycles. The van der Waals surface area contributed by atoms with E-state index < -0.39 is 11.6 Å². The normalized spacial score (nSPS) is 28.3. The van der Waals surface area contributed by atoms with Gasteiger partial charge in [-0.05, 0) is 68.4 Å². The molecule has 0 N–H and O–H groups in total. The summed E-state index contributed by atoms with van der Waals surface area (Å²) in [5.41, 5.74) is 0. The average Bonchev–Trinajstić information content (AvgIpc) is 2.70. The first-order chi connectivity index (χ1) is 13.5. The van der Waals surface area contributed by atoms with E-state index in [0.29, 0.717) is 5.92 Å². The second-order valence-electron chi connectivity index (χ2n) is 8.19. The molecule has 0 unspecified atom stereocenters. The maximum Gasteiger partial charge on any atom is 0.314 e. The molecule has 1 aromatic carbocycles. The third-order valence-electron chi connectivity index (χ3n) is 6.58. The smallest absolute Gasteiger partial charge is 0.314 e. The maximum absolute atomic E-state index is 13.9. The third-order valence-corrected chi connectivity index (χ3v) is 7.34. The lowest BCUT2D eigenvalue weighted by Crippen LogP contribution is -2.30. The summed E-state index contributed by atoms with van der Waals surface area (Å²) in [6, 6.07) is 3.63. The lowest BCUT2D eigenvalue weighted by Gasteiger charge is -2.37. The molecule has 156 valence electrons. The van der Waals surface area contributed by atoms with E-state index in [-0.39, 0.29) is 34.3 Å². The Balaban J connectivity index is 1.47. The van der Waals surface area contributed by atoms with Gasteiger partial charge in [0.05, 0.1) is 5.92 Å². The molecule has 0 heterocycles. The highest BCUT2D eigenvalue weighted by Gasteiger charge is 2.33. The minimum Gasteiger partial charge on any atom is -0.426 e. The van der Waals surface area contributed by atoms with E-state index in [0.717, 1.165) is 43.6 Å². The van der Waals surface area contributed by atoms with Crippen molar-refractivity contribution in [1.82, 2.24) is 0 Å². The highest BCUT2D eigenvalue weighted by atomic mass is 32.2. The molecule has 2 aliphatic carbocycles. The Morgan fingerprint density at radius 1 is 1.07 bits per heavy atom. The molecule has 0 aromatic heterocycles. The molecule has 0 aliphatic heterocycles. The van der Waals surface area contributed by atoms with Crippen molar-refractivity contribution >= 4 is 17.7 Å². The van der Waals surface area contributed by atoms with Gasteiger partial charge in [-0.3, -0.25) is 4.79 Å². The van der Waals surface area contributed by atoms with Crippen LogP contribution < -0.4 is 4.74 Å². The SMILES string of the molecule is CCC1CCC(C2CCC(C(=O)Oc3ccc(SC(F)F)c(F)c3)CC2)CC1. The van der Waals surface area contributed by atoms with Gasteiger partial charge in [-0.15, -0.1) is 0 Å². The van der Waals surface area contributed by atoms with Crippen LogP contribution in [-0.2, 0) is 4.79 Å². The Morgan fingerprint density at radius 2 is 1.68 bits per heavy atom. The van der Waals surface area contributed by atoms with Crippen LogP contribution in [-0.4, -0.2) is 11.7 Å². The van der Waals surface area contributed by atoms with Crippen LogP contribution in [0.25, 0.3) is 0 Å². The molecule has 2 aliphatic rings. The summed E-state index contributed by atoms with van der Waals surface area (Å²) in [4.78, 5) is 12.3. The number of benzene rings is 1. The number of halogens is 3. The largest absolute Gasteiger partial charge is 0.426 e. The van der Waals surface area contributed by atoms with Crippen molar-refractivity contribution in [3.8, 4) is 5.75 Å². The van der Waals surface area contributed by atoms with Crippen molar-refractivity contribution in [1.29, 1.82) is 0 Å². The van der Waals surface area contributed by atoms with E-state index in [9.17, 15) is 18.0 Å². The molecule has 6 heteroatoms. The second kappa shape index (κ2) is 10.0. The van der Waals surface area contributed by atoms with E-state index in [1.807, 2.05) is 0 Å². The van der Waals surface area contributed by atoms with E-state index in [4.69, 9.17) is 4.74 Å². The van der Waals surface area contributed by atoms with Gasteiger partial charge in [0, 0.05) is 11.0 Å². The van der Waals surface area contributed by atoms with Gasteiger partial charge in [-0.2, -0.15) is 8.78 Å². The predicted molar refractivity (Wildman–Crippen MR) is 105 cm³/mol. The standard InChI is InChI=1S/C22H29F3O2S/c1-2-14-3-5-15(6-4-14)16-7-9-17(10-8-16)21(26)27-18-11-12-20(19(23)13-18)28-22(24)25/h11-17,22H,2-10H2,1H3. The van der Waals surface area contributed by atoms with Gasteiger partial charge in [0.2, 0.25) is 0 Å². The molecule has 0 amide bonds. The molecular weight excluding hydrogens is 385 g/mol. The summed E-state index contributed by atoms with van der Waals surface area (Å²) in [6.45, 7) is 2.28. The number of carbonyl (C=O) groups excluding carboxylic acids is 1. The Bertz CT molecular complexity index is 651. The van der Waals surface area contributed by atoms with Gasteiger partial charge >= 0.3 is 5.97 Å². The van der Waals surface area contributed by atoms with Crippen molar-refractivity contribution in [3.63, 3.8) is 0 Å². The van der Waals surface area contributed by atoms with E-state index in [2.05, 4.69) is 6.92 Å². The quantitative estimate of drug-likeness (QED) is 0.283. The fourth-order valence-electron chi connectivity index (χ4n) is 4.83. The Hall–Kier alpha value is -1.17. The van der Waals surface area contributed by atoms with E-state index in [1.165, 1.54) is 44.2 Å². The number of hydrogen-bond donors (Lipinski definition) is 0. The first-order valence-corrected chi connectivity index (χ1v) is 11.3. The first kappa shape index (κ1) is 21.5. The van der Waals surface area contributed by atoms with Crippen LogP contribution in [0, 0.1) is 29.5 Å². The number of thioether (sulfide) groups is 1. The number of alkyl halides is 2. The van der Waals surface area contributed by atoms with Gasteiger partial charge in [0.15, 0.2) is 0 Å². The van der Waals surface area contributed by atoms with Gasteiger partial charge in [0.25, 0.3) is 5.76 Å². The zero-order valence-corrected chi connectivity index (χ0v) is 17.2. The van der Waals surface area contributed by atoms with Crippen molar-refractivity contribution in [2.24, 2.45) is 23.7 Å². The molecule has 0 spiro atoms. The van der Waals surface area contributed by atoms with E-state index >= 15 is 0 Å². The summed E-state index contributed by atoms with van der Waals surface area (Å²) in [5, 5.41) is 0. The van der Waals surface area contributed by atoms with Crippen LogP contribution in [0.15, 0.2) is 23.1 Å². The number of ether oxygens (including phenoxy) is 1. The first-order valence-electron chi connectivity index (χ1n) is 10.4. The van der Waals surface area contributed by atoms with E-state index in [1.54, 1.807) is 0 Å². The van der Waals surface area contributed by atoms with Crippen LogP contribution in [0.5, 0.6) is 5.75 Å². The molecule has 28 heavy (non-hydrogen) atoms. The summed E-state index contributed by atoms with van der Waals surface area (Å²) < 4.78 is 43.9. The summed E-state index contributed by atoms with van der Waals surface area (Å²) in [5.74, 6) is -1.46. The second-order valence-corrected chi connectivity index (χ2v) is 9.22. The topological polar surface area (TPSA) is 26.3 Å². The number of hydrogen-bond acceptors (Lipinski definition) is 3. The van der Waals surface area contributed by atoms with Gasteiger partial charge < -0.3 is 4.74 Å². The molecule has 0 atom stereocenters. The van der Waals surface area contributed by atoms with Crippen LogP contribution in [0.3, 0.4) is 0 Å². The van der Waals surface area contributed by atoms with Crippen LogP contribution in [0.1, 0.15) is 64.7 Å². The van der Waals surface area contributed by atoms with Gasteiger partial charge in [-0.1, -0.05) is 37.9 Å².